The highest BCUT2D eigenvalue weighted by Gasteiger charge is 2.27. The standard InChI is InChI=1S/C13H17ClF3NO2/c1-9(2)18-6-10-5-11(14)3-4-12(10)20-8-19-7-13(15,16)17/h3-5,9,18H,6-8H2,1-2H3. The van der Waals surface area contributed by atoms with Gasteiger partial charge in [0.25, 0.3) is 0 Å². The Morgan fingerprint density at radius 3 is 2.60 bits per heavy atom. The minimum atomic E-state index is -4.36. The lowest BCUT2D eigenvalue weighted by Crippen LogP contribution is -2.22. The van der Waals surface area contributed by atoms with E-state index in [0.717, 1.165) is 5.56 Å². The molecule has 0 atom stereocenters. The summed E-state index contributed by atoms with van der Waals surface area (Å²) < 4.78 is 45.4. The van der Waals surface area contributed by atoms with Gasteiger partial charge in [-0.15, -0.1) is 0 Å². The third-order valence-electron chi connectivity index (χ3n) is 2.29. The third kappa shape index (κ3) is 6.98. The zero-order valence-corrected chi connectivity index (χ0v) is 12.0. The van der Waals surface area contributed by atoms with Crippen molar-refractivity contribution in [2.24, 2.45) is 0 Å². The summed E-state index contributed by atoms with van der Waals surface area (Å²) in [5.74, 6) is 0.449. The molecule has 0 spiro atoms. The SMILES string of the molecule is CC(C)NCc1cc(Cl)ccc1OCOCC(F)(F)F. The predicted octanol–water partition coefficient (Wildman–Crippen LogP) is 3.75. The van der Waals surface area contributed by atoms with Crippen molar-refractivity contribution in [1.29, 1.82) is 0 Å². The van der Waals surface area contributed by atoms with Crippen LogP contribution in [0.2, 0.25) is 5.02 Å². The van der Waals surface area contributed by atoms with Crippen LogP contribution in [0.25, 0.3) is 0 Å². The minimum absolute atomic E-state index is 0.267. The molecule has 20 heavy (non-hydrogen) atoms. The summed E-state index contributed by atoms with van der Waals surface area (Å²) in [5.41, 5.74) is 0.766. The van der Waals surface area contributed by atoms with Crippen LogP contribution in [0.5, 0.6) is 5.75 Å². The molecule has 0 aliphatic carbocycles. The van der Waals surface area contributed by atoms with Crippen LogP contribution in [0.1, 0.15) is 19.4 Å². The van der Waals surface area contributed by atoms with Gasteiger partial charge >= 0.3 is 6.18 Å². The average molecular weight is 312 g/mol. The van der Waals surface area contributed by atoms with Crippen LogP contribution in [-0.2, 0) is 11.3 Å². The second-order valence-electron chi connectivity index (χ2n) is 4.51. The van der Waals surface area contributed by atoms with Crippen LogP contribution < -0.4 is 10.1 Å². The fraction of sp³-hybridized carbons (Fsp3) is 0.538. The molecule has 1 aromatic carbocycles. The maximum Gasteiger partial charge on any atom is 0.411 e. The van der Waals surface area contributed by atoms with Gasteiger partial charge in [-0.05, 0) is 18.2 Å². The maximum absolute atomic E-state index is 11.9. The van der Waals surface area contributed by atoms with Gasteiger partial charge in [0.15, 0.2) is 6.79 Å². The van der Waals surface area contributed by atoms with Crippen LogP contribution in [-0.4, -0.2) is 25.6 Å². The molecule has 7 heteroatoms. The molecule has 0 aliphatic rings. The molecular formula is C13H17ClF3NO2. The Morgan fingerprint density at radius 1 is 1.30 bits per heavy atom. The molecule has 0 heterocycles. The highest BCUT2D eigenvalue weighted by molar-refractivity contribution is 6.30. The molecule has 0 aliphatic heterocycles. The van der Waals surface area contributed by atoms with E-state index in [1.165, 1.54) is 0 Å². The van der Waals surface area contributed by atoms with E-state index in [2.05, 4.69) is 10.1 Å². The number of rotatable bonds is 7. The minimum Gasteiger partial charge on any atom is -0.467 e. The zero-order chi connectivity index (χ0) is 15.2. The number of hydrogen-bond donors (Lipinski definition) is 1. The number of alkyl halides is 3. The molecule has 0 aromatic heterocycles. The van der Waals surface area contributed by atoms with E-state index in [9.17, 15) is 13.2 Å². The molecule has 0 unspecified atom stereocenters. The lowest BCUT2D eigenvalue weighted by atomic mass is 10.2. The first kappa shape index (κ1) is 17.1. The molecule has 1 rings (SSSR count). The fourth-order valence-corrected chi connectivity index (χ4v) is 1.60. The number of halogens is 4. The molecule has 3 nitrogen and oxygen atoms in total. The van der Waals surface area contributed by atoms with E-state index in [-0.39, 0.29) is 6.04 Å². The van der Waals surface area contributed by atoms with Gasteiger partial charge < -0.3 is 14.8 Å². The van der Waals surface area contributed by atoms with Crippen molar-refractivity contribution in [3.63, 3.8) is 0 Å². The van der Waals surface area contributed by atoms with Crippen molar-refractivity contribution in [3.05, 3.63) is 28.8 Å². The van der Waals surface area contributed by atoms with Gasteiger partial charge in [0, 0.05) is 23.2 Å². The number of nitrogens with one attached hydrogen (secondary N) is 1. The Balaban J connectivity index is 2.55. The monoisotopic (exact) mass is 311 g/mol. The molecule has 0 fully saturated rings. The summed E-state index contributed by atoms with van der Waals surface area (Å²) in [6, 6.07) is 5.19. The zero-order valence-electron chi connectivity index (χ0n) is 11.3. The van der Waals surface area contributed by atoms with Crippen molar-refractivity contribution >= 4 is 11.6 Å². The predicted molar refractivity (Wildman–Crippen MR) is 70.9 cm³/mol. The van der Waals surface area contributed by atoms with Gasteiger partial charge in [-0.3, -0.25) is 0 Å². The second kappa shape index (κ2) is 7.71. The van der Waals surface area contributed by atoms with E-state index in [4.69, 9.17) is 16.3 Å². The molecule has 1 N–H and O–H groups in total. The Labute approximate surface area is 121 Å². The van der Waals surface area contributed by atoms with Gasteiger partial charge in [-0.1, -0.05) is 25.4 Å². The molecule has 0 radical (unpaired) electrons. The first-order valence-corrected chi connectivity index (χ1v) is 6.45. The van der Waals surface area contributed by atoms with Crippen molar-refractivity contribution in [3.8, 4) is 5.75 Å². The summed E-state index contributed by atoms with van der Waals surface area (Å²) >= 11 is 5.89. The Hall–Kier alpha value is -0.980. The van der Waals surface area contributed by atoms with Gasteiger partial charge in [-0.25, -0.2) is 0 Å². The largest absolute Gasteiger partial charge is 0.467 e. The number of benzene rings is 1. The van der Waals surface area contributed by atoms with Gasteiger partial charge in [0.05, 0.1) is 0 Å². The fourth-order valence-electron chi connectivity index (χ4n) is 1.40. The maximum atomic E-state index is 11.9. The van der Waals surface area contributed by atoms with Crippen molar-refractivity contribution < 1.29 is 22.6 Å². The highest BCUT2D eigenvalue weighted by Crippen LogP contribution is 2.23. The summed E-state index contributed by atoms with van der Waals surface area (Å²) in [4.78, 5) is 0. The van der Waals surface area contributed by atoms with Gasteiger partial charge in [-0.2, -0.15) is 13.2 Å². The van der Waals surface area contributed by atoms with Crippen molar-refractivity contribution in [2.45, 2.75) is 32.6 Å². The van der Waals surface area contributed by atoms with Crippen LogP contribution in [0, 0.1) is 0 Å². The van der Waals surface area contributed by atoms with Crippen LogP contribution in [0.4, 0.5) is 13.2 Å². The van der Waals surface area contributed by atoms with Crippen molar-refractivity contribution in [2.75, 3.05) is 13.4 Å². The Kier molecular flexibility index (Phi) is 6.58. The lowest BCUT2D eigenvalue weighted by Gasteiger charge is -2.14. The molecule has 0 amide bonds. The van der Waals surface area contributed by atoms with E-state index >= 15 is 0 Å². The van der Waals surface area contributed by atoms with Crippen molar-refractivity contribution in [1.82, 2.24) is 5.32 Å². The highest BCUT2D eigenvalue weighted by atomic mass is 35.5. The number of ether oxygens (including phenoxy) is 2. The van der Waals surface area contributed by atoms with Crippen LogP contribution in [0.3, 0.4) is 0 Å². The smallest absolute Gasteiger partial charge is 0.411 e. The Morgan fingerprint density at radius 2 is 2.00 bits per heavy atom. The first-order chi connectivity index (χ1) is 9.28. The van der Waals surface area contributed by atoms with E-state index in [1.807, 2.05) is 13.8 Å². The molecule has 0 bridgehead atoms. The quantitative estimate of drug-likeness (QED) is 0.614. The first-order valence-electron chi connectivity index (χ1n) is 6.07. The second-order valence-corrected chi connectivity index (χ2v) is 4.95. The third-order valence-corrected chi connectivity index (χ3v) is 2.52. The molecule has 114 valence electrons. The average Bonchev–Trinajstić information content (AvgIpc) is 2.32. The van der Waals surface area contributed by atoms with E-state index in [0.29, 0.717) is 17.3 Å². The molecule has 0 saturated carbocycles. The van der Waals surface area contributed by atoms with Gasteiger partial charge in [0.1, 0.15) is 12.4 Å². The van der Waals surface area contributed by atoms with E-state index in [1.54, 1.807) is 18.2 Å². The number of hydrogen-bond acceptors (Lipinski definition) is 3. The molecule has 1 aromatic rings. The summed E-state index contributed by atoms with van der Waals surface area (Å²) in [6.07, 6.45) is -4.36. The Bertz CT molecular complexity index is 425. The summed E-state index contributed by atoms with van der Waals surface area (Å²) in [5, 5.41) is 3.72. The normalized spacial score (nSPS) is 11.9. The van der Waals surface area contributed by atoms with Gasteiger partial charge in [0.2, 0.25) is 0 Å². The van der Waals surface area contributed by atoms with Crippen LogP contribution in [0.15, 0.2) is 18.2 Å². The molecular weight excluding hydrogens is 295 g/mol. The van der Waals surface area contributed by atoms with Crippen LogP contribution >= 0.6 is 11.6 Å². The van der Waals surface area contributed by atoms with E-state index < -0.39 is 19.6 Å². The summed E-state index contributed by atoms with van der Waals surface area (Å²) in [6.45, 7) is 2.68. The summed E-state index contributed by atoms with van der Waals surface area (Å²) in [7, 11) is 0. The lowest BCUT2D eigenvalue weighted by molar-refractivity contribution is -0.186. The topological polar surface area (TPSA) is 30.5 Å². The molecule has 0 saturated heterocycles.